The number of azide groups is 1. The second kappa shape index (κ2) is 5.00. The Labute approximate surface area is 83.2 Å². The van der Waals surface area contributed by atoms with Gasteiger partial charge in [0.2, 0.25) is 0 Å². The number of aromatic nitrogens is 1. The van der Waals surface area contributed by atoms with Gasteiger partial charge < -0.3 is 5.11 Å². The summed E-state index contributed by atoms with van der Waals surface area (Å²) >= 11 is 1.22. The molecule has 6 nitrogen and oxygen atoms in total. The summed E-state index contributed by atoms with van der Waals surface area (Å²) in [6.07, 6.45) is 3.23. The van der Waals surface area contributed by atoms with E-state index in [0.717, 1.165) is 0 Å². The van der Waals surface area contributed by atoms with Crippen LogP contribution in [0.25, 0.3) is 16.5 Å². The highest BCUT2D eigenvalue weighted by molar-refractivity contribution is 7.10. The van der Waals surface area contributed by atoms with E-state index in [-0.39, 0.29) is 12.2 Å². The van der Waals surface area contributed by atoms with Crippen LogP contribution < -0.4 is 0 Å². The molecule has 0 bridgehead atoms. The number of carboxylic acid groups (broad SMARTS) is 1. The Hall–Kier alpha value is -1.85. The quantitative estimate of drug-likeness (QED) is 0.468. The molecule has 14 heavy (non-hydrogen) atoms. The zero-order valence-corrected chi connectivity index (χ0v) is 7.81. The van der Waals surface area contributed by atoms with E-state index in [1.165, 1.54) is 16.7 Å². The summed E-state index contributed by atoms with van der Waals surface area (Å²) in [5, 5.41) is 13.9. The van der Waals surface area contributed by atoms with Gasteiger partial charge in [0.15, 0.2) is 5.69 Å². The summed E-state index contributed by atoms with van der Waals surface area (Å²) in [5.41, 5.74) is 8.00. The number of thiazole rings is 1. The van der Waals surface area contributed by atoms with E-state index in [2.05, 4.69) is 15.0 Å². The number of aromatic carboxylic acids is 1. The SMILES string of the molecule is [N-]=[N+]=NCC=Cc1nc(C(=O)O)cs1. The zero-order valence-electron chi connectivity index (χ0n) is 6.99. The highest BCUT2D eigenvalue weighted by Gasteiger charge is 2.05. The Morgan fingerprint density at radius 2 is 2.64 bits per heavy atom. The maximum atomic E-state index is 10.4. The monoisotopic (exact) mass is 210 g/mol. The molecule has 1 N–H and O–H groups in total. The molecule has 1 aromatic heterocycles. The number of rotatable bonds is 4. The number of hydrogen-bond donors (Lipinski definition) is 1. The van der Waals surface area contributed by atoms with Crippen molar-refractivity contribution in [2.24, 2.45) is 5.11 Å². The number of carbonyl (C=O) groups is 1. The highest BCUT2D eigenvalue weighted by atomic mass is 32.1. The van der Waals surface area contributed by atoms with Crippen molar-refractivity contribution in [1.82, 2.24) is 4.98 Å². The first kappa shape index (κ1) is 10.2. The lowest BCUT2D eigenvalue weighted by molar-refractivity contribution is 0.0691. The average molecular weight is 210 g/mol. The van der Waals surface area contributed by atoms with Crippen LogP contribution >= 0.6 is 11.3 Å². The Kier molecular flexibility index (Phi) is 3.66. The van der Waals surface area contributed by atoms with Gasteiger partial charge in [-0.2, -0.15) is 0 Å². The largest absolute Gasteiger partial charge is 0.476 e. The maximum absolute atomic E-state index is 10.4. The highest BCUT2D eigenvalue weighted by Crippen LogP contribution is 2.11. The summed E-state index contributed by atoms with van der Waals surface area (Å²) in [6, 6.07) is 0. The van der Waals surface area contributed by atoms with Gasteiger partial charge in [-0.25, -0.2) is 9.78 Å². The minimum Gasteiger partial charge on any atom is -0.476 e. The molecule has 0 aliphatic heterocycles. The third-order valence-electron chi connectivity index (χ3n) is 1.25. The van der Waals surface area contributed by atoms with Gasteiger partial charge in [0.05, 0.1) is 0 Å². The summed E-state index contributed by atoms with van der Waals surface area (Å²) in [4.78, 5) is 16.8. The van der Waals surface area contributed by atoms with Crippen LogP contribution in [0.15, 0.2) is 16.6 Å². The lowest BCUT2D eigenvalue weighted by Crippen LogP contribution is -1.95. The van der Waals surface area contributed by atoms with Crippen LogP contribution in [-0.2, 0) is 0 Å². The van der Waals surface area contributed by atoms with Crippen LogP contribution in [0.1, 0.15) is 15.5 Å². The predicted molar refractivity (Wildman–Crippen MR) is 52.1 cm³/mol. The first-order valence-corrected chi connectivity index (χ1v) is 4.48. The Balaban J connectivity index is 2.63. The topological polar surface area (TPSA) is 99.0 Å². The first-order valence-electron chi connectivity index (χ1n) is 3.60. The van der Waals surface area contributed by atoms with Crippen molar-refractivity contribution in [2.45, 2.75) is 0 Å². The number of carboxylic acids is 1. The normalized spacial score (nSPS) is 10.0. The van der Waals surface area contributed by atoms with E-state index < -0.39 is 5.97 Å². The van der Waals surface area contributed by atoms with Crippen molar-refractivity contribution in [3.63, 3.8) is 0 Å². The van der Waals surface area contributed by atoms with E-state index in [9.17, 15) is 4.79 Å². The Morgan fingerprint density at radius 3 is 3.21 bits per heavy atom. The third-order valence-corrected chi connectivity index (χ3v) is 2.06. The van der Waals surface area contributed by atoms with Gasteiger partial charge in [-0.15, -0.1) is 11.3 Å². The number of hydrogen-bond acceptors (Lipinski definition) is 4. The molecular weight excluding hydrogens is 204 g/mol. The van der Waals surface area contributed by atoms with Crippen LogP contribution in [0.2, 0.25) is 0 Å². The smallest absolute Gasteiger partial charge is 0.355 e. The minimum atomic E-state index is -1.05. The summed E-state index contributed by atoms with van der Waals surface area (Å²) < 4.78 is 0. The second-order valence-electron chi connectivity index (χ2n) is 2.19. The van der Waals surface area contributed by atoms with Crippen LogP contribution in [-0.4, -0.2) is 22.6 Å². The number of nitrogens with zero attached hydrogens (tertiary/aromatic N) is 4. The van der Waals surface area contributed by atoms with Crippen molar-refractivity contribution < 1.29 is 9.90 Å². The summed E-state index contributed by atoms with van der Waals surface area (Å²) in [7, 11) is 0. The fourth-order valence-electron chi connectivity index (χ4n) is 0.700. The Bertz CT molecular complexity index is 406. The van der Waals surface area contributed by atoms with E-state index >= 15 is 0 Å². The van der Waals surface area contributed by atoms with Gasteiger partial charge in [0.1, 0.15) is 5.01 Å². The molecule has 0 radical (unpaired) electrons. The van der Waals surface area contributed by atoms with Crippen molar-refractivity contribution in [3.8, 4) is 0 Å². The van der Waals surface area contributed by atoms with Crippen LogP contribution in [0.4, 0.5) is 0 Å². The lowest BCUT2D eigenvalue weighted by atomic mass is 10.5. The molecule has 72 valence electrons. The molecule has 0 spiro atoms. The molecule has 7 heteroatoms. The lowest BCUT2D eigenvalue weighted by Gasteiger charge is -1.82. The average Bonchev–Trinajstić information content (AvgIpc) is 2.61. The molecule has 0 aromatic carbocycles. The van der Waals surface area contributed by atoms with Crippen molar-refractivity contribution >= 4 is 23.4 Å². The first-order chi connectivity index (χ1) is 6.74. The van der Waals surface area contributed by atoms with Crippen molar-refractivity contribution in [1.29, 1.82) is 0 Å². The molecule has 0 saturated heterocycles. The van der Waals surface area contributed by atoms with Gasteiger partial charge in [-0.05, 0) is 11.6 Å². The minimum absolute atomic E-state index is 0.0263. The molecular formula is C7H6N4O2S. The molecule has 0 atom stereocenters. The molecule has 0 saturated carbocycles. The molecule has 0 aliphatic rings. The molecule has 1 rings (SSSR count). The van der Waals surface area contributed by atoms with Crippen LogP contribution in [0.3, 0.4) is 0 Å². The molecule has 0 fully saturated rings. The third kappa shape index (κ3) is 2.89. The van der Waals surface area contributed by atoms with Crippen molar-refractivity contribution in [2.75, 3.05) is 6.54 Å². The second-order valence-corrected chi connectivity index (χ2v) is 3.08. The van der Waals surface area contributed by atoms with Gasteiger partial charge in [0, 0.05) is 16.8 Å². The van der Waals surface area contributed by atoms with E-state index in [4.69, 9.17) is 10.6 Å². The van der Waals surface area contributed by atoms with Crippen molar-refractivity contribution in [3.05, 3.63) is 32.6 Å². The zero-order chi connectivity index (χ0) is 10.4. The van der Waals surface area contributed by atoms with Crippen LogP contribution in [0, 0.1) is 0 Å². The molecule has 0 unspecified atom stereocenters. The van der Waals surface area contributed by atoms with Gasteiger partial charge in [0.25, 0.3) is 0 Å². The Morgan fingerprint density at radius 1 is 1.86 bits per heavy atom. The van der Waals surface area contributed by atoms with Gasteiger partial charge >= 0.3 is 5.97 Å². The predicted octanol–water partition coefficient (Wildman–Crippen LogP) is 2.16. The van der Waals surface area contributed by atoms with E-state index in [1.54, 1.807) is 12.2 Å². The van der Waals surface area contributed by atoms with E-state index in [0.29, 0.717) is 5.01 Å². The molecule has 1 aromatic rings. The standard InChI is InChI=1S/C7H6N4O2S/c8-11-9-3-1-2-6-10-5(4-14-6)7(12)13/h1-2,4H,3H2,(H,12,13). The summed E-state index contributed by atoms with van der Waals surface area (Å²) in [5.74, 6) is -1.05. The summed E-state index contributed by atoms with van der Waals surface area (Å²) in [6.45, 7) is 0.235. The maximum Gasteiger partial charge on any atom is 0.355 e. The van der Waals surface area contributed by atoms with E-state index in [1.807, 2.05) is 0 Å². The molecule has 1 heterocycles. The molecule has 0 aliphatic carbocycles. The fourth-order valence-corrected chi connectivity index (χ4v) is 1.41. The van der Waals surface area contributed by atoms with Gasteiger partial charge in [-0.3, -0.25) is 0 Å². The van der Waals surface area contributed by atoms with Crippen LogP contribution in [0.5, 0.6) is 0 Å². The molecule has 0 amide bonds. The fraction of sp³-hybridized carbons (Fsp3) is 0.143. The van der Waals surface area contributed by atoms with Gasteiger partial charge in [-0.1, -0.05) is 11.2 Å².